The highest BCUT2D eigenvalue weighted by atomic mass is 16.6. The van der Waals surface area contributed by atoms with Crippen LogP contribution in [-0.2, 0) is 11.2 Å². The van der Waals surface area contributed by atoms with Gasteiger partial charge in [0.2, 0.25) is 5.91 Å². The lowest BCUT2D eigenvalue weighted by Gasteiger charge is -2.31. The van der Waals surface area contributed by atoms with Crippen LogP contribution in [0, 0.1) is 10.1 Å². The first-order valence-electron chi connectivity index (χ1n) is 9.24. The lowest BCUT2D eigenvalue weighted by molar-refractivity contribution is -0.384. The predicted octanol–water partition coefficient (Wildman–Crippen LogP) is 3.03. The number of nitrogens with zero attached hydrogens (tertiary/aromatic N) is 4. The zero-order valence-electron chi connectivity index (χ0n) is 15.7. The van der Waals surface area contributed by atoms with Crippen LogP contribution in [0.3, 0.4) is 0 Å². The van der Waals surface area contributed by atoms with Gasteiger partial charge in [0.15, 0.2) is 0 Å². The first-order valence-corrected chi connectivity index (χ1v) is 9.24. The van der Waals surface area contributed by atoms with Crippen LogP contribution in [0.15, 0.2) is 42.7 Å². The first kappa shape index (κ1) is 19.5. The Balaban J connectivity index is 1.56. The monoisotopic (exact) mass is 382 g/mol. The van der Waals surface area contributed by atoms with Crippen molar-refractivity contribution in [2.75, 3.05) is 13.1 Å². The Bertz CT molecular complexity index is 850. The van der Waals surface area contributed by atoms with Gasteiger partial charge in [0.1, 0.15) is 6.10 Å². The number of piperidine rings is 1. The van der Waals surface area contributed by atoms with Crippen molar-refractivity contribution in [3.05, 3.63) is 64.0 Å². The Morgan fingerprint density at radius 3 is 2.68 bits per heavy atom. The number of amides is 1. The first-order chi connectivity index (χ1) is 13.5. The van der Waals surface area contributed by atoms with Gasteiger partial charge in [0, 0.05) is 37.1 Å². The molecule has 3 rings (SSSR count). The summed E-state index contributed by atoms with van der Waals surface area (Å²) >= 11 is 0. The third-order valence-corrected chi connectivity index (χ3v) is 4.57. The minimum absolute atomic E-state index is 0.0219. The Kier molecular flexibility index (Phi) is 6.31. The molecule has 1 atom stereocenters. The fraction of sp³-hybridized carbons (Fsp3) is 0.350. The summed E-state index contributed by atoms with van der Waals surface area (Å²) in [5, 5.41) is 10.7. The van der Waals surface area contributed by atoms with Crippen molar-refractivity contribution >= 4 is 17.7 Å². The van der Waals surface area contributed by atoms with Crippen molar-refractivity contribution in [2.24, 2.45) is 0 Å². The maximum Gasteiger partial charge on any atom is 0.316 e. The second-order valence-corrected chi connectivity index (χ2v) is 6.58. The van der Waals surface area contributed by atoms with E-state index in [2.05, 4.69) is 9.97 Å². The molecule has 146 valence electrons. The predicted molar refractivity (Wildman–Crippen MR) is 104 cm³/mol. The number of aryl methyl sites for hydroxylation is 1. The molecule has 1 unspecified atom stereocenters. The van der Waals surface area contributed by atoms with Crippen molar-refractivity contribution < 1.29 is 14.5 Å². The van der Waals surface area contributed by atoms with Crippen LogP contribution in [0.1, 0.15) is 30.9 Å². The highest BCUT2D eigenvalue weighted by Crippen LogP contribution is 2.17. The zero-order chi connectivity index (χ0) is 19.9. The summed E-state index contributed by atoms with van der Waals surface area (Å²) in [5.74, 6) is -0.117. The minimum Gasteiger partial charge on any atom is -0.458 e. The van der Waals surface area contributed by atoms with Crippen LogP contribution in [-0.4, -0.2) is 44.9 Å². The Labute approximate surface area is 163 Å². The van der Waals surface area contributed by atoms with Crippen molar-refractivity contribution in [3.63, 3.8) is 0 Å². The lowest BCUT2D eigenvalue weighted by Crippen LogP contribution is -2.43. The second-order valence-electron chi connectivity index (χ2n) is 6.58. The Morgan fingerprint density at radius 1 is 1.32 bits per heavy atom. The van der Waals surface area contributed by atoms with E-state index in [0.29, 0.717) is 19.1 Å². The molecule has 2 heterocycles. The largest absolute Gasteiger partial charge is 0.458 e. The van der Waals surface area contributed by atoms with Gasteiger partial charge in [-0.15, -0.1) is 0 Å². The van der Waals surface area contributed by atoms with Crippen molar-refractivity contribution in [3.8, 4) is 6.01 Å². The van der Waals surface area contributed by atoms with Crippen LogP contribution in [0.5, 0.6) is 6.01 Å². The van der Waals surface area contributed by atoms with E-state index in [9.17, 15) is 14.9 Å². The smallest absolute Gasteiger partial charge is 0.316 e. The number of likely N-dealkylation sites (tertiary alicyclic amines) is 1. The summed E-state index contributed by atoms with van der Waals surface area (Å²) in [6.07, 6.45) is 9.05. The highest BCUT2D eigenvalue weighted by Gasteiger charge is 2.24. The molecule has 0 radical (unpaired) electrons. The van der Waals surface area contributed by atoms with Gasteiger partial charge in [-0.05, 0) is 48.6 Å². The molecular formula is C20H22N4O4. The number of carbonyl (C=O) groups excluding carboxylic acids is 1. The summed E-state index contributed by atoms with van der Waals surface area (Å²) in [6, 6.07) is 6.39. The zero-order valence-corrected chi connectivity index (χ0v) is 15.7. The van der Waals surface area contributed by atoms with Gasteiger partial charge in [0.05, 0.1) is 11.5 Å². The number of nitro groups is 1. The summed E-state index contributed by atoms with van der Waals surface area (Å²) < 4.78 is 5.83. The van der Waals surface area contributed by atoms with Gasteiger partial charge in [0.25, 0.3) is 5.69 Å². The number of aromatic nitrogens is 2. The van der Waals surface area contributed by atoms with Gasteiger partial charge in [-0.3, -0.25) is 14.9 Å². The van der Waals surface area contributed by atoms with Crippen molar-refractivity contribution in [2.45, 2.75) is 32.3 Å². The molecular weight excluding hydrogens is 360 g/mol. The number of hydrogen-bond donors (Lipinski definition) is 0. The summed E-state index contributed by atoms with van der Waals surface area (Å²) in [7, 11) is 0. The number of nitro benzene ring substituents is 1. The fourth-order valence-corrected chi connectivity index (χ4v) is 2.95. The highest BCUT2D eigenvalue weighted by molar-refractivity contribution is 5.91. The number of carbonyl (C=O) groups is 1. The molecule has 0 aliphatic carbocycles. The molecule has 1 amide bonds. The van der Waals surface area contributed by atoms with Crippen molar-refractivity contribution in [1.82, 2.24) is 14.9 Å². The summed E-state index contributed by atoms with van der Waals surface area (Å²) in [4.78, 5) is 32.9. The maximum atomic E-state index is 12.5. The molecule has 1 aliphatic heterocycles. The SMILES string of the molecule is CCc1cnc(OC2CCCN(C(=O)/C=C/c3ccc([N+](=O)[O-])cc3)C2)nc1. The number of ether oxygens (including phenoxy) is 1. The third kappa shape index (κ3) is 5.12. The van der Waals surface area contributed by atoms with Crippen LogP contribution in [0.4, 0.5) is 5.69 Å². The molecule has 0 spiro atoms. The number of non-ortho nitro benzene ring substituents is 1. The number of benzene rings is 1. The normalized spacial score (nSPS) is 16.9. The molecule has 8 heteroatoms. The van der Waals surface area contributed by atoms with Gasteiger partial charge < -0.3 is 9.64 Å². The van der Waals surface area contributed by atoms with Gasteiger partial charge in [-0.1, -0.05) is 6.92 Å². The third-order valence-electron chi connectivity index (χ3n) is 4.57. The van der Waals surface area contributed by atoms with E-state index in [4.69, 9.17) is 4.74 Å². The van der Waals surface area contributed by atoms with Crippen LogP contribution in [0.2, 0.25) is 0 Å². The molecule has 0 bridgehead atoms. The van der Waals surface area contributed by atoms with Crippen LogP contribution < -0.4 is 4.74 Å². The fourth-order valence-electron chi connectivity index (χ4n) is 2.95. The van der Waals surface area contributed by atoms with E-state index in [1.54, 1.807) is 35.5 Å². The molecule has 0 saturated carbocycles. The quantitative estimate of drug-likeness (QED) is 0.433. The average Bonchev–Trinajstić information content (AvgIpc) is 2.73. The van der Waals surface area contributed by atoms with Crippen molar-refractivity contribution in [1.29, 1.82) is 0 Å². The van der Waals surface area contributed by atoms with E-state index < -0.39 is 4.92 Å². The van der Waals surface area contributed by atoms with E-state index in [1.165, 1.54) is 18.2 Å². The summed E-state index contributed by atoms with van der Waals surface area (Å²) in [6.45, 7) is 3.18. The Morgan fingerprint density at radius 2 is 2.04 bits per heavy atom. The number of rotatable bonds is 6. The van der Waals surface area contributed by atoms with E-state index in [0.717, 1.165) is 30.4 Å². The van der Waals surface area contributed by atoms with Gasteiger partial charge in [-0.25, -0.2) is 9.97 Å². The summed E-state index contributed by atoms with van der Waals surface area (Å²) in [5.41, 5.74) is 1.80. The van der Waals surface area contributed by atoms with E-state index >= 15 is 0 Å². The molecule has 1 fully saturated rings. The molecule has 1 aliphatic rings. The topological polar surface area (TPSA) is 98.5 Å². The molecule has 1 aromatic carbocycles. The molecule has 2 aromatic rings. The molecule has 8 nitrogen and oxygen atoms in total. The lowest BCUT2D eigenvalue weighted by atomic mass is 10.1. The van der Waals surface area contributed by atoms with Gasteiger partial charge in [-0.2, -0.15) is 0 Å². The second kappa shape index (κ2) is 9.07. The molecule has 1 saturated heterocycles. The molecule has 1 aromatic heterocycles. The number of hydrogen-bond acceptors (Lipinski definition) is 6. The van der Waals surface area contributed by atoms with Crippen LogP contribution in [0.25, 0.3) is 6.08 Å². The maximum absolute atomic E-state index is 12.5. The molecule has 28 heavy (non-hydrogen) atoms. The Hall–Kier alpha value is -3.29. The average molecular weight is 382 g/mol. The van der Waals surface area contributed by atoms with Gasteiger partial charge >= 0.3 is 6.01 Å². The molecule has 0 N–H and O–H groups in total. The standard InChI is InChI=1S/C20H22N4O4/c1-2-15-12-21-20(22-13-15)28-18-4-3-11-23(14-18)19(25)10-7-16-5-8-17(9-6-16)24(26)27/h5-10,12-13,18H,2-4,11,14H2,1H3/b10-7+. The van der Waals surface area contributed by atoms with E-state index in [-0.39, 0.29) is 17.7 Å². The van der Waals surface area contributed by atoms with E-state index in [1.807, 2.05) is 6.92 Å². The van der Waals surface area contributed by atoms with Crippen LogP contribution >= 0.6 is 0 Å². The minimum atomic E-state index is -0.452.